The maximum absolute atomic E-state index is 11.9. The Labute approximate surface area is 140 Å². The second-order valence-corrected chi connectivity index (χ2v) is 7.95. The molecule has 2 aromatic rings. The highest BCUT2D eigenvalue weighted by molar-refractivity contribution is 7.92. The van der Waals surface area contributed by atoms with Crippen molar-refractivity contribution in [2.24, 2.45) is 0 Å². The highest BCUT2D eigenvalue weighted by Gasteiger charge is 2.29. The molecule has 1 aliphatic heterocycles. The molecule has 0 saturated heterocycles. The second kappa shape index (κ2) is 6.02. The number of hydrogen-bond donors (Lipinski definition) is 1. The number of hydrogen-bond acceptors (Lipinski definition) is 3. The molecule has 0 spiro atoms. The lowest BCUT2D eigenvalue weighted by Crippen LogP contribution is -2.47. The number of benzene rings is 1. The molecule has 1 N–H and O–H groups in total. The monoisotopic (exact) mass is 353 g/mol. The molecule has 23 heavy (non-hydrogen) atoms. The van der Waals surface area contributed by atoms with Crippen LogP contribution in [0.2, 0.25) is 5.02 Å². The number of nitrogens with one attached hydrogen (secondary N) is 1. The van der Waals surface area contributed by atoms with E-state index < -0.39 is 10.0 Å². The summed E-state index contributed by atoms with van der Waals surface area (Å²) in [5, 5.41) is 0.498. The van der Waals surface area contributed by atoms with Crippen LogP contribution < -0.4 is 14.0 Å². The van der Waals surface area contributed by atoms with Crippen LogP contribution in [0.15, 0.2) is 36.5 Å². The van der Waals surface area contributed by atoms with Crippen LogP contribution in [0, 0.1) is 0 Å². The van der Waals surface area contributed by atoms with Crippen molar-refractivity contribution < 1.29 is 17.7 Å². The van der Waals surface area contributed by atoms with Crippen LogP contribution in [-0.4, -0.2) is 20.3 Å². The van der Waals surface area contributed by atoms with Gasteiger partial charge in [0.25, 0.3) is 5.82 Å². The van der Waals surface area contributed by atoms with Crippen molar-refractivity contribution in [3.05, 3.63) is 41.6 Å². The first-order chi connectivity index (χ1) is 10.9. The zero-order chi connectivity index (χ0) is 16.6. The van der Waals surface area contributed by atoms with E-state index in [1.165, 1.54) is 0 Å². The summed E-state index contributed by atoms with van der Waals surface area (Å²) in [5.74, 6) is 1.26. The zero-order valence-electron chi connectivity index (χ0n) is 12.9. The van der Waals surface area contributed by atoms with Crippen molar-refractivity contribution in [2.45, 2.75) is 26.5 Å². The summed E-state index contributed by atoms with van der Waals surface area (Å²) in [6.07, 6.45) is 1.89. The van der Waals surface area contributed by atoms with Gasteiger partial charge in [0, 0.05) is 0 Å². The van der Waals surface area contributed by atoms with Crippen LogP contribution in [0.1, 0.15) is 13.8 Å². The molecule has 2 heterocycles. The minimum atomic E-state index is -3.29. The molecule has 1 aromatic heterocycles. The summed E-state index contributed by atoms with van der Waals surface area (Å²) < 4.78 is 33.9. The Balaban J connectivity index is 2.05. The first-order valence-electron chi connectivity index (χ1n) is 7.35. The summed E-state index contributed by atoms with van der Waals surface area (Å²) in [6, 6.07) is 9.24. The van der Waals surface area contributed by atoms with Crippen LogP contribution in [0.5, 0.6) is 5.75 Å². The van der Waals surface area contributed by atoms with Gasteiger partial charge in [-0.15, -0.1) is 0 Å². The average Bonchev–Trinajstić information content (AvgIpc) is 2.47. The Hall–Kier alpha value is -1.79. The van der Waals surface area contributed by atoms with Gasteiger partial charge in [0.05, 0.1) is 22.9 Å². The molecular weight excluding hydrogens is 336 g/mol. The van der Waals surface area contributed by atoms with Crippen molar-refractivity contribution in [2.75, 3.05) is 10.5 Å². The highest BCUT2D eigenvalue weighted by Crippen LogP contribution is 2.33. The van der Waals surface area contributed by atoms with Gasteiger partial charge >= 0.3 is 10.0 Å². The van der Waals surface area contributed by atoms with E-state index in [2.05, 4.69) is 4.72 Å². The number of pyridine rings is 1. The number of rotatable bonds is 3. The van der Waals surface area contributed by atoms with Gasteiger partial charge in [0.2, 0.25) is 0 Å². The molecule has 0 unspecified atom stereocenters. The number of sulfonamides is 1. The van der Waals surface area contributed by atoms with Gasteiger partial charge in [0.15, 0.2) is 0 Å². The molecule has 7 heteroatoms. The van der Waals surface area contributed by atoms with Crippen molar-refractivity contribution in [1.82, 2.24) is 0 Å². The number of halogens is 1. The fourth-order valence-electron chi connectivity index (χ4n) is 2.52. The normalized spacial score (nSPS) is 15.8. The Bertz CT molecular complexity index is 850. The summed E-state index contributed by atoms with van der Waals surface area (Å²) in [4.78, 5) is 0. The van der Waals surface area contributed by atoms with Gasteiger partial charge in [-0.2, -0.15) is 13.1 Å². The van der Waals surface area contributed by atoms with Gasteiger partial charge in [-0.05, 0) is 43.7 Å². The number of aryl methyl sites for hydroxylation is 1. The predicted molar refractivity (Wildman–Crippen MR) is 90.3 cm³/mol. The minimum Gasteiger partial charge on any atom is -0.489 e. The summed E-state index contributed by atoms with van der Waals surface area (Å²) in [5.41, 5.74) is 1.62. The molecule has 5 nitrogen and oxygen atoms in total. The van der Waals surface area contributed by atoms with E-state index in [4.69, 9.17) is 16.3 Å². The van der Waals surface area contributed by atoms with E-state index in [1.54, 1.807) is 12.1 Å². The maximum Gasteiger partial charge on any atom is 0.302 e. The fourth-order valence-corrected chi connectivity index (χ4v) is 3.80. The number of anilines is 1. The van der Waals surface area contributed by atoms with E-state index in [0.29, 0.717) is 23.1 Å². The zero-order valence-corrected chi connectivity index (χ0v) is 14.5. The van der Waals surface area contributed by atoms with Crippen LogP contribution in [0.25, 0.3) is 11.1 Å². The molecule has 0 atom stereocenters. The summed E-state index contributed by atoms with van der Waals surface area (Å²) in [6.45, 7) is 4.30. The Morgan fingerprint density at radius 2 is 2.09 bits per heavy atom. The Morgan fingerprint density at radius 1 is 1.30 bits per heavy atom. The standard InChI is InChI=1S/C16H17ClN2O3S/c1-11(2)22-15-6-5-12(10-14(15)17)13-4-3-7-19-8-9-23(20,21)18-16(13)19/h3-7,10-11H,8-9H2,1-2H3/p+1. The largest absolute Gasteiger partial charge is 0.489 e. The van der Waals surface area contributed by atoms with Gasteiger partial charge in [-0.25, -0.2) is 4.57 Å². The fraction of sp³-hybridized carbons (Fsp3) is 0.312. The van der Waals surface area contributed by atoms with Crippen molar-refractivity contribution >= 4 is 27.4 Å². The minimum absolute atomic E-state index is 0.0326. The molecule has 1 aliphatic rings. The smallest absolute Gasteiger partial charge is 0.302 e. The van der Waals surface area contributed by atoms with E-state index >= 15 is 0 Å². The number of aromatic nitrogens is 1. The van der Waals surface area contributed by atoms with E-state index in [1.807, 2.05) is 42.8 Å². The summed E-state index contributed by atoms with van der Waals surface area (Å²) in [7, 11) is -3.29. The molecule has 0 radical (unpaired) electrons. The lowest BCUT2D eigenvalue weighted by molar-refractivity contribution is -0.679. The second-order valence-electron chi connectivity index (χ2n) is 5.70. The molecule has 0 aliphatic carbocycles. The van der Waals surface area contributed by atoms with Crippen LogP contribution in [0.4, 0.5) is 5.82 Å². The van der Waals surface area contributed by atoms with Crippen LogP contribution in [0.3, 0.4) is 0 Å². The molecule has 0 fully saturated rings. The first-order valence-corrected chi connectivity index (χ1v) is 9.38. The average molecular weight is 354 g/mol. The van der Waals surface area contributed by atoms with Crippen LogP contribution in [-0.2, 0) is 16.6 Å². The van der Waals surface area contributed by atoms with E-state index in [9.17, 15) is 8.42 Å². The number of ether oxygens (including phenoxy) is 1. The summed E-state index contributed by atoms with van der Waals surface area (Å²) >= 11 is 6.29. The Kier molecular flexibility index (Phi) is 4.21. The van der Waals surface area contributed by atoms with E-state index in [-0.39, 0.29) is 11.9 Å². The van der Waals surface area contributed by atoms with Crippen molar-refractivity contribution in [3.8, 4) is 16.9 Å². The molecule has 0 saturated carbocycles. The van der Waals surface area contributed by atoms with Crippen molar-refractivity contribution in [1.29, 1.82) is 0 Å². The van der Waals surface area contributed by atoms with E-state index in [0.717, 1.165) is 11.1 Å². The van der Waals surface area contributed by atoms with Crippen molar-refractivity contribution in [3.63, 3.8) is 0 Å². The highest BCUT2D eigenvalue weighted by atomic mass is 35.5. The Morgan fingerprint density at radius 3 is 2.78 bits per heavy atom. The number of nitrogens with zero attached hydrogens (tertiary/aromatic N) is 1. The number of fused-ring (bicyclic) bond motifs is 1. The molecule has 3 rings (SSSR count). The molecule has 0 amide bonds. The molecular formula is C16H18ClN2O3S+. The third-order valence-corrected chi connectivity index (χ3v) is 5.05. The molecule has 0 bridgehead atoms. The molecule has 122 valence electrons. The topological polar surface area (TPSA) is 59.3 Å². The third-order valence-electron chi connectivity index (χ3n) is 3.53. The van der Waals surface area contributed by atoms with Gasteiger partial charge in [-0.1, -0.05) is 17.7 Å². The first kappa shape index (κ1) is 16.1. The quantitative estimate of drug-likeness (QED) is 0.863. The van der Waals surface area contributed by atoms with Gasteiger partial charge in [-0.3, -0.25) is 0 Å². The van der Waals surface area contributed by atoms with Gasteiger partial charge < -0.3 is 4.74 Å². The van der Waals surface area contributed by atoms with Crippen LogP contribution >= 0.6 is 11.6 Å². The molecule has 1 aromatic carbocycles. The lowest BCUT2D eigenvalue weighted by atomic mass is 10.1. The predicted octanol–water partition coefficient (Wildman–Crippen LogP) is 2.84. The van der Waals surface area contributed by atoms with Gasteiger partial charge in [0.1, 0.15) is 18.0 Å². The lowest BCUT2D eigenvalue weighted by Gasteiger charge is -2.16. The third kappa shape index (κ3) is 3.43. The SMILES string of the molecule is CC(C)Oc1ccc(-c2ccc[n+]3c2NS(=O)(=O)CC3)cc1Cl. The maximum atomic E-state index is 11.9.